The summed E-state index contributed by atoms with van der Waals surface area (Å²) >= 11 is 0. The number of benzene rings is 2. The molecule has 5 aromatic rings. The lowest BCUT2D eigenvalue weighted by Crippen LogP contribution is -2.27. The van der Waals surface area contributed by atoms with Crippen LogP contribution in [0.1, 0.15) is 33.6 Å². The number of carbonyl (C=O) groups is 1. The van der Waals surface area contributed by atoms with Crippen LogP contribution in [0.25, 0.3) is 33.1 Å². The summed E-state index contributed by atoms with van der Waals surface area (Å²) in [6, 6.07) is 13.0. The quantitative estimate of drug-likeness (QED) is 0.203. The van der Waals surface area contributed by atoms with E-state index in [2.05, 4.69) is 39.5 Å². The van der Waals surface area contributed by atoms with Crippen molar-refractivity contribution in [2.75, 3.05) is 36.0 Å². The van der Waals surface area contributed by atoms with Gasteiger partial charge in [-0.1, -0.05) is 32.0 Å². The maximum absolute atomic E-state index is 12.8. The van der Waals surface area contributed by atoms with Crippen molar-refractivity contribution in [3.8, 4) is 11.3 Å². The summed E-state index contributed by atoms with van der Waals surface area (Å²) in [6.45, 7) is 9.40. The summed E-state index contributed by atoms with van der Waals surface area (Å²) in [5, 5.41) is 12.8. The molecule has 0 atom stereocenters. The Kier molecular flexibility index (Phi) is 7.89. The molecule has 1 aliphatic rings. The maximum atomic E-state index is 12.8. The first kappa shape index (κ1) is 28.8. The molecule has 0 saturated heterocycles. The third kappa shape index (κ3) is 5.84. The van der Waals surface area contributed by atoms with Crippen LogP contribution in [0.15, 0.2) is 61.1 Å². The number of para-hydroxylation sites is 1. The van der Waals surface area contributed by atoms with Gasteiger partial charge in [-0.15, -0.1) is 0 Å². The minimum Gasteiger partial charge on any atom is -0.324 e. The van der Waals surface area contributed by atoms with Crippen molar-refractivity contribution in [1.29, 1.82) is 0 Å². The summed E-state index contributed by atoms with van der Waals surface area (Å²) in [6.07, 6.45) is 6.90. The normalized spacial score (nSPS) is 13.7. The number of nitrogens with zero attached hydrogens (tertiary/aromatic N) is 6. The first-order valence-electron chi connectivity index (χ1n) is 14.8. The standard InChI is InChI=1S/C31H36N8O3S/c1-4-37(5-2)15-16-38-29-22(19-33-38)17-23(18-27(29)35-30(40)21-11-12-21)34-31-32-14-13-26(36-31)25-20-39(43(41,42)6-3)28-10-8-7-9-24(25)28/h7-10,13-14,17-21H,4-6,11-12,15-16H2,1-3H3,(H,35,40)(H,32,34,36). The van der Waals surface area contributed by atoms with E-state index in [4.69, 9.17) is 4.98 Å². The Morgan fingerprint density at radius 1 is 1.09 bits per heavy atom. The number of hydrogen-bond acceptors (Lipinski definition) is 8. The fourth-order valence-corrected chi connectivity index (χ4v) is 6.35. The number of anilines is 3. The molecule has 0 aliphatic heterocycles. The van der Waals surface area contributed by atoms with Gasteiger partial charge in [-0.05, 0) is 57.1 Å². The topological polar surface area (TPSA) is 127 Å². The van der Waals surface area contributed by atoms with Crippen molar-refractivity contribution in [3.05, 3.63) is 61.1 Å². The van der Waals surface area contributed by atoms with E-state index in [-0.39, 0.29) is 17.6 Å². The number of likely N-dealkylation sites (N-methyl/N-ethyl adjacent to an activating group) is 1. The van der Waals surface area contributed by atoms with Crippen LogP contribution >= 0.6 is 0 Å². The van der Waals surface area contributed by atoms with E-state index in [0.29, 0.717) is 40.6 Å². The Hall–Kier alpha value is -4.29. The second-order valence-corrected chi connectivity index (χ2v) is 12.9. The number of rotatable bonds is 12. The number of aromatic nitrogens is 5. The third-order valence-corrected chi connectivity index (χ3v) is 9.62. The predicted molar refractivity (Wildman–Crippen MR) is 170 cm³/mol. The van der Waals surface area contributed by atoms with Gasteiger partial charge in [0.05, 0.1) is 40.9 Å². The molecule has 11 nitrogen and oxygen atoms in total. The van der Waals surface area contributed by atoms with Crippen LogP contribution < -0.4 is 10.6 Å². The van der Waals surface area contributed by atoms with Gasteiger partial charge in [0.1, 0.15) is 0 Å². The molecule has 6 rings (SSSR count). The maximum Gasteiger partial charge on any atom is 0.238 e. The molecule has 224 valence electrons. The molecule has 43 heavy (non-hydrogen) atoms. The Balaban J connectivity index is 1.35. The van der Waals surface area contributed by atoms with Crippen molar-refractivity contribution < 1.29 is 13.2 Å². The van der Waals surface area contributed by atoms with Gasteiger partial charge in [-0.3, -0.25) is 9.48 Å². The molecular weight excluding hydrogens is 564 g/mol. The highest BCUT2D eigenvalue weighted by atomic mass is 32.2. The Bertz CT molecular complexity index is 1910. The number of fused-ring (bicyclic) bond motifs is 2. The van der Waals surface area contributed by atoms with Gasteiger partial charge in [0.15, 0.2) is 0 Å². The largest absolute Gasteiger partial charge is 0.324 e. The molecule has 3 heterocycles. The van der Waals surface area contributed by atoms with Crippen LogP contribution in [0.2, 0.25) is 0 Å². The van der Waals surface area contributed by atoms with Crippen molar-refractivity contribution in [1.82, 2.24) is 28.6 Å². The second kappa shape index (κ2) is 11.8. The monoisotopic (exact) mass is 600 g/mol. The molecule has 1 aliphatic carbocycles. The van der Waals surface area contributed by atoms with Crippen molar-refractivity contribution in [2.45, 2.75) is 40.2 Å². The molecule has 2 N–H and O–H groups in total. The first-order chi connectivity index (χ1) is 20.8. The highest BCUT2D eigenvalue weighted by molar-refractivity contribution is 7.90. The van der Waals surface area contributed by atoms with E-state index in [9.17, 15) is 13.2 Å². The molecule has 1 fully saturated rings. The van der Waals surface area contributed by atoms with Crippen LogP contribution in [0, 0.1) is 5.92 Å². The van der Waals surface area contributed by atoms with E-state index in [0.717, 1.165) is 48.8 Å². The predicted octanol–water partition coefficient (Wildman–Crippen LogP) is 5.08. The summed E-state index contributed by atoms with van der Waals surface area (Å²) in [5.41, 5.74) is 4.16. The lowest BCUT2D eigenvalue weighted by atomic mass is 10.1. The SMILES string of the molecule is CCN(CC)CCn1ncc2cc(Nc3nccc(-c4cn(S(=O)(=O)CC)c5ccccc45)n3)cc(NC(=O)C3CC3)c21. The van der Waals surface area contributed by atoms with Gasteiger partial charge in [0.25, 0.3) is 0 Å². The van der Waals surface area contributed by atoms with E-state index in [1.54, 1.807) is 31.5 Å². The molecule has 2 aromatic carbocycles. The van der Waals surface area contributed by atoms with Crippen LogP contribution in [0.4, 0.5) is 17.3 Å². The van der Waals surface area contributed by atoms with E-state index >= 15 is 0 Å². The molecule has 0 radical (unpaired) electrons. The van der Waals surface area contributed by atoms with E-state index < -0.39 is 10.0 Å². The highest BCUT2D eigenvalue weighted by Crippen LogP contribution is 2.35. The molecule has 0 unspecified atom stereocenters. The van der Waals surface area contributed by atoms with Crippen molar-refractivity contribution >= 4 is 55.1 Å². The zero-order valence-corrected chi connectivity index (χ0v) is 25.4. The lowest BCUT2D eigenvalue weighted by Gasteiger charge is -2.18. The number of carbonyl (C=O) groups excluding carboxylic acids is 1. The summed E-state index contributed by atoms with van der Waals surface area (Å²) in [4.78, 5) is 24.4. The van der Waals surface area contributed by atoms with Gasteiger partial charge in [0.2, 0.25) is 21.9 Å². The molecule has 1 saturated carbocycles. The van der Waals surface area contributed by atoms with Crippen LogP contribution in [-0.4, -0.2) is 68.3 Å². The van der Waals surface area contributed by atoms with Crippen LogP contribution in [0.3, 0.4) is 0 Å². The average molecular weight is 601 g/mol. The minimum absolute atomic E-state index is 0.0180. The van der Waals surface area contributed by atoms with E-state index in [1.807, 2.05) is 41.2 Å². The molecule has 3 aromatic heterocycles. The Morgan fingerprint density at radius 3 is 2.63 bits per heavy atom. The zero-order valence-electron chi connectivity index (χ0n) is 24.6. The van der Waals surface area contributed by atoms with Crippen LogP contribution in [0.5, 0.6) is 0 Å². The smallest absolute Gasteiger partial charge is 0.238 e. The summed E-state index contributed by atoms with van der Waals surface area (Å²) in [7, 11) is -3.51. The molecule has 0 spiro atoms. The third-order valence-electron chi connectivity index (χ3n) is 7.99. The zero-order chi connectivity index (χ0) is 30.1. The Morgan fingerprint density at radius 2 is 1.88 bits per heavy atom. The van der Waals surface area contributed by atoms with Gasteiger partial charge < -0.3 is 15.5 Å². The molecule has 12 heteroatoms. The second-order valence-electron chi connectivity index (χ2n) is 10.8. The van der Waals surface area contributed by atoms with Crippen molar-refractivity contribution in [3.63, 3.8) is 0 Å². The lowest BCUT2D eigenvalue weighted by molar-refractivity contribution is -0.117. The summed E-state index contributed by atoms with van der Waals surface area (Å²) in [5.74, 6) is 0.403. The minimum atomic E-state index is -3.51. The van der Waals surface area contributed by atoms with Gasteiger partial charge >= 0.3 is 0 Å². The fraction of sp³-hybridized carbons (Fsp3) is 0.355. The Labute approximate surface area is 251 Å². The molecular formula is C31H36N8O3S. The number of amides is 1. The number of hydrogen-bond donors (Lipinski definition) is 2. The van der Waals surface area contributed by atoms with Crippen molar-refractivity contribution in [2.24, 2.45) is 5.92 Å². The first-order valence-corrected chi connectivity index (χ1v) is 16.4. The number of nitrogens with one attached hydrogen (secondary N) is 2. The van der Waals surface area contributed by atoms with Gasteiger partial charge in [0, 0.05) is 46.9 Å². The summed E-state index contributed by atoms with van der Waals surface area (Å²) < 4.78 is 28.9. The molecule has 0 bridgehead atoms. The van der Waals surface area contributed by atoms with Gasteiger partial charge in [-0.25, -0.2) is 22.4 Å². The van der Waals surface area contributed by atoms with E-state index in [1.165, 1.54) is 3.97 Å². The highest BCUT2D eigenvalue weighted by Gasteiger charge is 2.30. The fourth-order valence-electron chi connectivity index (χ4n) is 5.35. The van der Waals surface area contributed by atoms with Crippen LogP contribution in [-0.2, 0) is 21.4 Å². The molecule has 1 amide bonds. The van der Waals surface area contributed by atoms with Gasteiger partial charge in [-0.2, -0.15) is 5.10 Å². The average Bonchev–Trinajstić information content (AvgIpc) is 3.68.